The molecule has 3 heterocycles. The zero-order valence-corrected chi connectivity index (χ0v) is 20.5. The summed E-state index contributed by atoms with van der Waals surface area (Å²) in [5, 5.41) is 0. The lowest BCUT2D eigenvalue weighted by atomic mass is 9.74. The Hall–Kier alpha value is -2.58. The largest absolute Gasteiger partial charge is 0.493 e. The van der Waals surface area contributed by atoms with E-state index in [0.717, 1.165) is 42.7 Å². The van der Waals surface area contributed by atoms with Crippen molar-refractivity contribution in [3.63, 3.8) is 0 Å². The third-order valence-electron chi connectivity index (χ3n) is 7.79. The van der Waals surface area contributed by atoms with Crippen LogP contribution in [0.5, 0.6) is 5.75 Å². The van der Waals surface area contributed by atoms with E-state index < -0.39 is 16.1 Å². The molecule has 1 unspecified atom stereocenters. The molecular formula is C26H33N3O4S. The SMILES string of the molecule is CS(=O)(=O)N1CC2(CCN(C(=O)[C@H](N)CC3CCOc4ccccc4C3)CC2)c2ccccc21. The Morgan fingerprint density at radius 3 is 2.62 bits per heavy atom. The summed E-state index contributed by atoms with van der Waals surface area (Å²) in [6, 6.07) is 15.3. The van der Waals surface area contributed by atoms with Crippen LogP contribution in [0, 0.1) is 5.92 Å². The van der Waals surface area contributed by atoms with Crippen LogP contribution in [-0.2, 0) is 26.7 Å². The second kappa shape index (κ2) is 8.89. The molecule has 3 aliphatic heterocycles. The Balaban J connectivity index is 1.23. The van der Waals surface area contributed by atoms with Gasteiger partial charge in [0, 0.05) is 25.0 Å². The van der Waals surface area contributed by atoms with Crippen molar-refractivity contribution >= 4 is 21.6 Å². The number of rotatable bonds is 4. The quantitative estimate of drug-likeness (QED) is 0.722. The third kappa shape index (κ3) is 4.29. The van der Waals surface area contributed by atoms with Crippen LogP contribution >= 0.6 is 0 Å². The minimum absolute atomic E-state index is 0.000415. The van der Waals surface area contributed by atoms with Crippen molar-refractivity contribution < 1.29 is 17.9 Å². The van der Waals surface area contributed by atoms with Gasteiger partial charge in [0.15, 0.2) is 0 Å². The van der Waals surface area contributed by atoms with Crippen LogP contribution < -0.4 is 14.8 Å². The van der Waals surface area contributed by atoms with Crippen LogP contribution in [0.4, 0.5) is 5.69 Å². The maximum Gasteiger partial charge on any atom is 0.239 e. The third-order valence-corrected chi connectivity index (χ3v) is 8.92. The molecule has 1 saturated heterocycles. The number of piperidine rings is 1. The van der Waals surface area contributed by atoms with Crippen LogP contribution in [0.25, 0.3) is 0 Å². The highest BCUT2D eigenvalue weighted by molar-refractivity contribution is 7.92. The van der Waals surface area contributed by atoms with Gasteiger partial charge < -0.3 is 15.4 Å². The number of carbonyl (C=O) groups is 1. The average Bonchev–Trinajstić information content (AvgIpc) is 3.00. The number of sulfonamides is 1. The number of nitrogens with two attached hydrogens (primary N) is 1. The summed E-state index contributed by atoms with van der Waals surface area (Å²) in [7, 11) is -3.35. The number of benzene rings is 2. The van der Waals surface area contributed by atoms with Crippen LogP contribution in [0.15, 0.2) is 48.5 Å². The Labute approximate surface area is 201 Å². The van der Waals surface area contributed by atoms with Crippen molar-refractivity contribution in [2.75, 3.05) is 36.8 Å². The van der Waals surface area contributed by atoms with Crippen LogP contribution in [-0.4, -0.2) is 57.8 Å². The maximum absolute atomic E-state index is 13.2. The Morgan fingerprint density at radius 2 is 1.85 bits per heavy atom. The number of amides is 1. The summed E-state index contributed by atoms with van der Waals surface area (Å²) >= 11 is 0. The summed E-state index contributed by atoms with van der Waals surface area (Å²) in [5.41, 5.74) is 9.22. The van der Waals surface area contributed by atoms with Crippen molar-refractivity contribution in [1.82, 2.24) is 4.90 Å². The molecule has 1 spiro atoms. The highest BCUT2D eigenvalue weighted by atomic mass is 32.2. The normalized spacial score (nSPS) is 22.5. The summed E-state index contributed by atoms with van der Waals surface area (Å²) in [5.74, 6) is 1.24. The van der Waals surface area contributed by atoms with Gasteiger partial charge in [0.25, 0.3) is 0 Å². The number of ether oxygens (including phenoxy) is 1. The predicted octanol–water partition coefficient (Wildman–Crippen LogP) is 2.69. The standard InChI is InChI=1S/C26H33N3O4S/c1-34(31,32)29-18-26(21-7-3-4-8-23(21)29)11-13-28(14-12-26)25(30)22(27)17-19-10-15-33-24-9-5-2-6-20(24)16-19/h2-9,19,22H,10-18,27H2,1H3/t19?,22-/m1/s1. The fraction of sp³-hybridized carbons (Fsp3) is 0.500. The number of fused-ring (bicyclic) bond motifs is 3. The molecule has 34 heavy (non-hydrogen) atoms. The van der Waals surface area contributed by atoms with Gasteiger partial charge in [0.2, 0.25) is 15.9 Å². The molecule has 2 aromatic carbocycles. The van der Waals surface area contributed by atoms with E-state index in [4.69, 9.17) is 10.5 Å². The van der Waals surface area contributed by atoms with Crippen molar-refractivity contribution in [2.45, 2.75) is 43.6 Å². The van der Waals surface area contributed by atoms with Gasteiger partial charge in [-0.1, -0.05) is 36.4 Å². The number of anilines is 1. The van der Waals surface area contributed by atoms with Crippen LogP contribution in [0.3, 0.4) is 0 Å². The Kier molecular flexibility index (Phi) is 6.06. The molecule has 1 amide bonds. The molecule has 0 saturated carbocycles. The predicted molar refractivity (Wildman–Crippen MR) is 132 cm³/mol. The van der Waals surface area contributed by atoms with Gasteiger partial charge in [-0.2, -0.15) is 0 Å². The first kappa shape index (κ1) is 23.2. The molecule has 3 aliphatic rings. The molecule has 8 heteroatoms. The Morgan fingerprint density at radius 1 is 1.15 bits per heavy atom. The van der Waals surface area contributed by atoms with E-state index in [-0.39, 0.29) is 11.3 Å². The fourth-order valence-electron chi connectivity index (χ4n) is 5.92. The molecule has 0 aliphatic carbocycles. The molecule has 1 fully saturated rings. The van der Waals surface area contributed by atoms with Gasteiger partial charge in [0.1, 0.15) is 5.75 Å². The highest BCUT2D eigenvalue weighted by Gasteiger charge is 2.47. The molecule has 182 valence electrons. The van der Waals surface area contributed by atoms with Crippen molar-refractivity contribution in [3.8, 4) is 5.75 Å². The van der Waals surface area contributed by atoms with E-state index in [1.54, 1.807) is 0 Å². The molecule has 2 N–H and O–H groups in total. The van der Waals surface area contributed by atoms with Gasteiger partial charge in [-0.15, -0.1) is 0 Å². The molecular weight excluding hydrogens is 450 g/mol. The fourth-order valence-corrected chi connectivity index (χ4v) is 6.92. The van der Waals surface area contributed by atoms with Gasteiger partial charge >= 0.3 is 0 Å². The van der Waals surface area contributed by atoms with E-state index in [1.165, 1.54) is 16.1 Å². The first-order valence-corrected chi connectivity index (χ1v) is 13.9. The van der Waals surface area contributed by atoms with E-state index in [1.807, 2.05) is 47.4 Å². The summed E-state index contributed by atoms with van der Waals surface area (Å²) in [4.78, 5) is 15.1. The zero-order chi connectivity index (χ0) is 23.9. The minimum atomic E-state index is -3.35. The molecule has 2 atom stereocenters. The van der Waals surface area contributed by atoms with E-state index in [9.17, 15) is 13.2 Å². The molecule has 7 nitrogen and oxygen atoms in total. The smallest absolute Gasteiger partial charge is 0.239 e. The lowest BCUT2D eigenvalue weighted by Crippen LogP contribution is -2.52. The van der Waals surface area contributed by atoms with Gasteiger partial charge in [-0.25, -0.2) is 8.42 Å². The maximum atomic E-state index is 13.2. The summed E-state index contributed by atoms with van der Waals surface area (Å²) < 4.78 is 32.2. The minimum Gasteiger partial charge on any atom is -0.493 e. The molecule has 2 aromatic rings. The molecule has 0 radical (unpaired) electrons. The zero-order valence-electron chi connectivity index (χ0n) is 19.7. The second-order valence-corrected chi connectivity index (χ2v) is 12.0. The van der Waals surface area contributed by atoms with Crippen molar-refractivity contribution in [2.24, 2.45) is 11.7 Å². The first-order valence-electron chi connectivity index (χ1n) is 12.1. The van der Waals surface area contributed by atoms with Crippen molar-refractivity contribution in [1.29, 1.82) is 0 Å². The average molecular weight is 484 g/mol. The highest BCUT2D eigenvalue weighted by Crippen LogP contribution is 2.47. The van der Waals surface area contributed by atoms with Gasteiger partial charge in [-0.05, 0) is 61.3 Å². The summed E-state index contributed by atoms with van der Waals surface area (Å²) in [6.45, 7) is 2.27. The molecule has 0 aromatic heterocycles. The molecule has 0 bridgehead atoms. The number of hydrogen-bond donors (Lipinski definition) is 1. The number of hydrogen-bond acceptors (Lipinski definition) is 5. The Bertz CT molecular complexity index is 1170. The van der Waals surface area contributed by atoms with Crippen LogP contribution in [0.2, 0.25) is 0 Å². The van der Waals surface area contributed by atoms with Crippen molar-refractivity contribution in [3.05, 3.63) is 59.7 Å². The second-order valence-electron chi connectivity index (χ2n) is 10.0. The number of para-hydroxylation sites is 2. The van der Waals surface area contributed by atoms with E-state index in [2.05, 4.69) is 6.07 Å². The number of nitrogens with zero attached hydrogens (tertiary/aromatic N) is 2. The van der Waals surface area contributed by atoms with Gasteiger partial charge in [0.05, 0.1) is 24.6 Å². The van der Waals surface area contributed by atoms with Crippen LogP contribution in [0.1, 0.15) is 36.8 Å². The van der Waals surface area contributed by atoms with Gasteiger partial charge in [-0.3, -0.25) is 9.10 Å². The lowest BCUT2D eigenvalue weighted by Gasteiger charge is -2.40. The molecule has 5 rings (SSSR count). The monoisotopic (exact) mass is 483 g/mol. The van der Waals surface area contributed by atoms with E-state index >= 15 is 0 Å². The lowest BCUT2D eigenvalue weighted by molar-refractivity contribution is -0.134. The van der Waals surface area contributed by atoms with E-state index in [0.29, 0.717) is 38.6 Å². The number of carbonyl (C=O) groups excluding carboxylic acids is 1. The number of likely N-dealkylation sites (tertiary alicyclic amines) is 1. The first-order chi connectivity index (χ1) is 16.3. The topological polar surface area (TPSA) is 92.9 Å². The summed E-state index contributed by atoms with van der Waals surface area (Å²) in [6.07, 6.45) is 5.13.